The van der Waals surface area contributed by atoms with Crippen LogP contribution in [0.4, 0.5) is 0 Å². The zero-order valence-corrected chi connectivity index (χ0v) is 9.43. The highest BCUT2D eigenvalue weighted by Crippen LogP contribution is 2.23. The summed E-state index contributed by atoms with van der Waals surface area (Å²) in [5.74, 6) is -0.317. The predicted octanol–water partition coefficient (Wildman–Crippen LogP) is 1.13. The Hall–Kier alpha value is -1.55. The lowest BCUT2D eigenvalue weighted by molar-refractivity contribution is 0.0515. The summed E-state index contributed by atoms with van der Waals surface area (Å²) in [5, 5.41) is 9.49. The molecule has 1 atom stereocenters. The molecule has 4 heteroatoms. The van der Waals surface area contributed by atoms with E-state index in [0.29, 0.717) is 18.7 Å². The first-order chi connectivity index (χ1) is 7.63. The molecule has 0 bridgehead atoms. The van der Waals surface area contributed by atoms with Crippen LogP contribution in [0.5, 0.6) is 0 Å². The van der Waals surface area contributed by atoms with Crippen LogP contribution in [0.25, 0.3) is 6.08 Å². The number of hydrogen-bond acceptors (Lipinski definition) is 3. The molecule has 0 saturated heterocycles. The molecule has 1 aromatic rings. The number of carbonyl (C=O) groups excluding carboxylic acids is 1. The third kappa shape index (κ3) is 1.76. The molecule has 0 spiro atoms. The second-order valence-corrected chi connectivity index (χ2v) is 3.85. The van der Waals surface area contributed by atoms with Gasteiger partial charge in [-0.3, -0.25) is 0 Å². The molecule has 1 N–H and O–H groups in total. The van der Waals surface area contributed by atoms with E-state index in [4.69, 9.17) is 4.74 Å². The molecule has 0 saturated carbocycles. The minimum atomic E-state index is -0.454. The van der Waals surface area contributed by atoms with Gasteiger partial charge in [0, 0.05) is 19.2 Å². The lowest BCUT2D eigenvalue weighted by Gasteiger charge is -2.12. The van der Waals surface area contributed by atoms with Crippen molar-refractivity contribution in [1.82, 2.24) is 4.57 Å². The van der Waals surface area contributed by atoms with Crippen molar-refractivity contribution < 1.29 is 14.6 Å². The van der Waals surface area contributed by atoms with Crippen LogP contribution in [0.15, 0.2) is 12.1 Å². The Bertz CT molecular complexity index is 445. The van der Waals surface area contributed by atoms with Gasteiger partial charge in [0.1, 0.15) is 5.69 Å². The lowest BCUT2D eigenvalue weighted by atomic mass is 10.0. The van der Waals surface area contributed by atoms with Crippen LogP contribution in [0.2, 0.25) is 0 Å². The van der Waals surface area contributed by atoms with E-state index in [1.165, 1.54) is 0 Å². The number of hydrogen-bond donors (Lipinski definition) is 1. The summed E-state index contributed by atoms with van der Waals surface area (Å²) in [6.07, 6.45) is 3.67. The molecule has 0 aliphatic heterocycles. The van der Waals surface area contributed by atoms with Crippen molar-refractivity contribution in [3.05, 3.63) is 29.1 Å². The van der Waals surface area contributed by atoms with Crippen LogP contribution in [0, 0.1) is 0 Å². The maximum atomic E-state index is 11.6. The predicted molar refractivity (Wildman–Crippen MR) is 60.1 cm³/mol. The second-order valence-electron chi connectivity index (χ2n) is 3.85. The van der Waals surface area contributed by atoms with E-state index < -0.39 is 6.10 Å². The zero-order chi connectivity index (χ0) is 11.7. The number of aliphatic hydroxyl groups excluding tert-OH is 1. The number of esters is 1. The quantitative estimate of drug-likeness (QED) is 0.762. The fourth-order valence-electron chi connectivity index (χ4n) is 1.96. The van der Waals surface area contributed by atoms with Crippen molar-refractivity contribution in [3.8, 4) is 0 Å². The Kier molecular flexibility index (Phi) is 2.83. The third-order valence-corrected chi connectivity index (χ3v) is 2.75. The van der Waals surface area contributed by atoms with Crippen molar-refractivity contribution in [1.29, 1.82) is 0 Å². The Balaban J connectivity index is 2.37. The van der Waals surface area contributed by atoms with Crippen molar-refractivity contribution in [2.75, 3.05) is 6.61 Å². The summed E-state index contributed by atoms with van der Waals surface area (Å²) in [7, 11) is 1.83. The molecular formula is C12H15NO3. The number of ether oxygens (including phenoxy) is 1. The van der Waals surface area contributed by atoms with Crippen LogP contribution in [-0.4, -0.2) is 28.4 Å². The monoisotopic (exact) mass is 221 g/mol. The highest BCUT2D eigenvalue weighted by molar-refractivity contribution is 5.89. The first kappa shape index (κ1) is 11.0. The molecular weight excluding hydrogens is 206 g/mol. The van der Waals surface area contributed by atoms with E-state index in [1.807, 2.05) is 13.1 Å². The van der Waals surface area contributed by atoms with E-state index >= 15 is 0 Å². The fraction of sp³-hybridized carbons (Fsp3) is 0.417. The summed E-state index contributed by atoms with van der Waals surface area (Å²) in [6, 6.07) is 1.79. The van der Waals surface area contributed by atoms with E-state index in [-0.39, 0.29) is 5.97 Å². The molecule has 0 amide bonds. The molecule has 1 heterocycles. The number of aromatic nitrogens is 1. The molecule has 1 aromatic heterocycles. The van der Waals surface area contributed by atoms with Crippen molar-refractivity contribution in [3.63, 3.8) is 0 Å². The smallest absolute Gasteiger partial charge is 0.354 e. The largest absolute Gasteiger partial charge is 0.461 e. The van der Waals surface area contributed by atoms with Crippen LogP contribution in [0.1, 0.15) is 28.7 Å². The number of fused-ring (bicyclic) bond motifs is 1. The molecule has 0 aromatic carbocycles. The maximum Gasteiger partial charge on any atom is 0.354 e. The van der Waals surface area contributed by atoms with Crippen molar-refractivity contribution in [2.45, 2.75) is 19.4 Å². The van der Waals surface area contributed by atoms with E-state index in [1.54, 1.807) is 23.6 Å². The molecule has 1 unspecified atom stereocenters. The number of aliphatic hydroxyl groups is 1. The summed E-state index contributed by atoms with van der Waals surface area (Å²) in [5.41, 5.74) is 2.49. The summed E-state index contributed by atoms with van der Waals surface area (Å²) >= 11 is 0. The van der Waals surface area contributed by atoms with E-state index in [2.05, 4.69) is 0 Å². The molecule has 1 aliphatic carbocycles. The Morgan fingerprint density at radius 2 is 2.44 bits per heavy atom. The van der Waals surface area contributed by atoms with Gasteiger partial charge in [-0.25, -0.2) is 4.79 Å². The van der Waals surface area contributed by atoms with Gasteiger partial charge in [-0.15, -0.1) is 0 Å². The Morgan fingerprint density at radius 1 is 1.69 bits per heavy atom. The van der Waals surface area contributed by atoms with Crippen molar-refractivity contribution >= 4 is 12.0 Å². The van der Waals surface area contributed by atoms with Gasteiger partial charge in [0.15, 0.2) is 0 Å². The molecule has 16 heavy (non-hydrogen) atoms. The zero-order valence-electron chi connectivity index (χ0n) is 9.43. The van der Waals surface area contributed by atoms with Gasteiger partial charge >= 0.3 is 5.97 Å². The van der Waals surface area contributed by atoms with Crippen LogP contribution in [0.3, 0.4) is 0 Å². The van der Waals surface area contributed by atoms with Crippen LogP contribution < -0.4 is 0 Å². The molecule has 86 valence electrons. The van der Waals surface area contributed by atoms with E-state index in [0.717, 1.165) is 11.3 Å². The van der Waals surface area contributed by atoms with Gasteiger partial charge in [-0.05, 0) is 24.6 Å². The lowest BCUT2D eigenvalue weighted by Crippen LogP contribution is -2.12. The SMILES string of the molecule is CCOC(=O)c1cc2c(n1C)C=CC(O)C2. The summed E-state index contributed by atoms with van der Waals surface area (Å²) < 4.78 is 6.77. The number of nitrogens with zero attached hydrogens (tertiary/aromatic N) is 1. The molecule has 0 radical (unpaired) electrons. The minimum absolute atomic E-state index is 0.317. The first-order valence-electron chi connectivity index (χ1n) is 5.35. The summed E-state index contributed by atoms with van der Waals surface area (Å²) in [4.78, 5) is 11.6. The Morgan fingerprint density at radius 3 is 3.12 bits per heavy atom. The van der Waals surface area contributed by atoms with Crippen LogP contribution >= 0.6 is 0 Å². The van der Waals surface area contributed by atoms with Gasteiger partial charge in [0.05, 0.1) is 12.7 Å². The van der Waals surface area contributed by atoms with Gasteiger partial charge < -0.3 is 14.4 Å². The molecule has 2 rings (SSSR count). The van der Waals surface area contributed by atoms with Crippen LogP contribution in [-0.2, 0) is 18.2 Å². The normalized spacial score (nSPS) is 18.3. The summed E-state index contributed by atoms with van der Waals surface area (Å²) in [6.45, 7) is 2.15. The molecule has 4 nitrogen and oxygen atoms in total. The van der Waals surface area contributed by atoms with Crippen molar-refractivity contribution in [2.24, 2.45) is 7.05 Å². The maximum absolute atomic E-state index is 11.6. The standard InChI is InChI=1S/C12H15NO3/c1-3-16-12(15)11-7-8-6-9(14)4-5-10(8)13(11)2/h4-5,7,9,14H,3,6H2,1-2H3. The van der Waals surface area contributed by atoms with Gasteiger partial charge in [0.25, 0.3) is 0 Å². The van der Waals surface area contributed by atoms with E-state index in [9.17, 15) is 9.90 Å². The molecule has 0 fully saturated rings. The van der Waals surface area contributed by atoms with Gasteiger partial charge in [-0.2, -0.15) is 0 Å². The fourth-order valence-corrected chi connectivity index (χ4v) is 1.96. The Labute approximate surface area is 94.1 Å². The topological polar surface area (TPSA) is 51.5 Å². The van der Waals surface area contributed by atoms with Gasteiger partial charge in [-0.1, -0.05) is 6.08 Å². The minimum Gasteiger partial charge on any atom is -0.461 e. The number of rotatable bonds is 2. The third-order valence-electron chi connectivity index (χ3n) is 2.75. The second kappa shape index (κ2) is 4.14. The molecule has 1 aliphatic rings. The first-order valence-corrected chi connectivity index (χ1v) is 5.35. The highest BCUT2D eigenvalue weighted by Gasteiger charge is 2.20. The average Bonchev–Trinajstić information content (AvgIpc) is 2.56. The average molecular weight is 221 g/mol. The highest BCUT2D eigenvalue weighted by atomic mass is 16.5. The van der Waals surface area contributed by atoms with Gasteiger partial charge in [0.2, 0.25) is 0 Å². The number of carbonyl (C=O) groups is 1.